The molecule has 0 saturated carbocycles. The van der Waals surface area contributed by atoms with Crippen LogP contribution in [0.2, 0.25) is 0 Å². The molecule has 0 spiro atoms. The number of fused-ring (bicyclic) bond motifs is 9. The number of rotatable bonds is 4. The zero-order valence-corrected chi connectivity index (χ0v) is 26.1. The van der Waals surface area contributed by atoms with Gasteiger partial charge in [0.15, 0.2) is 5.58 Å². The Balaban J connectivity index is 1.29. The lowest BCUT2D eigenvalue weighted by molar-refractivity contribution is 0.669. The van der Waals surface area contributed by atoms with Crippen LogP contribution in [0.15, 0.2) is 180 Å². The first-order valence-corrected chi connectivity index (χ1v) is 16.4. The number of furan rings is 1. The van der Waals surface area contributed by atoms with E-state index in [1.807, 2.05) is 0 Å². The molecule has 9 aromatic carbocycles. The predicted octanol–water partition coefficient (Wildman–Crippen LogP) is 13.3. The van der Waals surface area contributed by atoms with Gasteiger partial charge < -0.3 is 9.32 Å². The zero-order valence-electron chi connectivity index (χ0n) is 26.1. The summed E-state index contributed by atoms with van der Waals surface area (Å²) >= 11 is 0. The van der Waals surface area contributed by atoms with Crippen molar-refractivity contribution in [2.45, 2.75) is 0 Å². The van der Waals surface area contributed by atoms with E-state index in [1.54, 1.807) is 0 Å². The fourth-order valence-corrected chi connectivity index (χ4v) is 7.51. The molecule has 0 radical (unpaired) electrons. The second kappa shape index (κ2) is 10.6. The lowest BCUT2D eigenvalue weighted by Gasteiger charge is -2.28. The highest BCUT2D eigenvalue weighted by molar-refractivity contribution is 6.22. The lowest BCUT2D eigenvalue weighted by atomic mass is 9.95. The van der Waals surface area contributed by atoms with Gasteiger partial charge in [-0.05, 0) is 85.2 Å². The highest BCUT2D eigenvalue weighted by Crippen LogP contribution is 2.47. The summed E-state index contributed by atoms with van der Waals surface area (Å²) in [5, 5.41) is 12.0. The summed E-state index contributed by atoms with van der Waals surface area (Å²) in [5.41, 5.74) is 7.33. The Bertz CT molecular complexity index is 2830. The molecule has 224 valence electrons. The van der Waals surface area contributed by atoms with E-state index in [-0.39, 0.29) is 0 Å². The average molecular weight is 612 g/mol. The Hall–Kier alpha value is -6.38. The fourth-order valence-electron chi connectivity index (χ4n) is 7.51. The van der Waals surface area contributed by atoms with E-state index >= 15 is 0 Å². The van der Waals surface area contributed by atoms with Gasteiger partial charge in [-0.15, -0.1) is 0 Å². The van der Waals surface area contributed by atoms with Gasteiger partial charge >= 0.3 is 0 Å². The van der Waals surface area contributed by atoms with Gasteiger partial charge in [0.05, 0.1) is 11.4 Å². The summed E-state index contributed by atoms with van der Waals surface area (Å²) in [5.74, 6) is 0. The number of anilines is 3. The van der Waals surface area contributed by atoms with Gasteiger partial charge in [0.25, 0.3) is 0 Å². The number of nitrogens with zero attached hydrogens (tertiary/aromatic N) is 1. The van der Waals surface area contributed by atoms with Gasteiger partial charge in [0, 0.05) is 21.8 Å². The summed E-state index contributed by atoms with van der Waals surface area (Å²) in [4.78, 5) is 2.39. The van der Waals surface area contributed by atoms with Crippen molar-refractivity contribution in [2.75, 3.05) is 4.90 Å². The van der Waals surface area contributed by atoms with Crippen molar-refractivity contribution in [3.63, 3.8) is 0 Å². The van der Waals surface area contributed by atoms with E-state index < -0.39 is 0 Å². The maximum absolute atomic E-state index is 6.84. The van der Waals surface area contributed by atoms with Crippen molar-refractivity contribution in [3.05, 3.63) is 176 Å². The molecule has 0 N–H and O–H groups in total. The van der Waals surface area contributed by atoms with Gasteiger partial charge in [-0.3, -0.25) is 0 Å². The Morgan fingerprint density at radius 1 is 0.333 bits per heavy atom. The second-order valence-corrected chi connectivity index (χ2v) is 12.5. The first-order valence-electron chi connectivity index (χ1n) is 16.4. The van der Waals surface area contributed by atoms with Crippen molar-refractivity contribution >= 4 is 82.1 Å². The van der Waals surface area contributed by atoms with Crippen molar-refractivity contribution in [2.24, 2.45) is 0 Å². The molecule has 0 fully saturated rings. The largest absolute Gasteiger partial charge is 0.454 e. The quantitative estimate of drug-likeness (QED) is 0.184. The van der Waals surface area contributed by atoms with Gasteiger partial charge in [0.2, 0.25) is 0 Å². The minimum atomic E-state index is 0.872. The Kier molecular flexibility index (Phi) is 5.91. The van der Waals surface area contributed by atoms with Gasteiger partial charge in [0.1, 0.15) is 5.58 Å². The van der Waals surface area contributed by atoms with Crippen LogP contribution >= 0.6 is 0 Å². The van der Waals surface area contributed by atoms with Crippen LogP contribution < -0.4 is 4.90 Å². The normalized spacial score (nSPS) is 11.8. The first kappa shape index (κ1) is 26.8. The van der Waals surface area contributed by atoms with E-state index in [9.17, 15) is 0 Å². The minimum Gasteiger partial charge on any atom is -0.454 e. The maximum Gasteiger partial charge on any atom is 0.159 e. The van der Waals surface area contributed by atoms with Crippen molar-refractivity contribution < 1.29 is 4.42 Å². The standard InChI is InChI=1S/C46H29NO/c1-2-11-30(12-3-1)31-21-24-35(25-22-31)47(43-20-10-19-40-42-27-33-14-4-5-15-34(33)28-45(42)48-46(40)43)44-29-41-36-16-7-6-13-32(36)23-26-38(41)37-17-8-9-18-39(37)44/h1-29H. The number of para-hydroxylation sites is 1. The molecular formula is C46H29NO. The molecule has 2 nitrogen and oxygen atoms in total. The summed E-state index contributed by atoms with van der Waals surface area (Å²) < 4.78 is 6.84. The molecule has 10 aromatic rings. The molecule has 0 unspecified atom stereocenters. The molecular weight excluding hydrogens is 583 g/mol. The Morgan fingerprint density at radius 3 is 1.77 bits per heavy atom. The zero-order chi connectivity index (χ0) is 31.6. The third-order valence-electron chi connectivity index (χ3n) is 9.80. The highest BCUT2D eigenvalue weighted by atomic mass is 16.3. The molecule has 0 amide bonds. The SMILES string of the molecule is c1ccc(-c2ccc(N(c3cc4c5ccccc5ccc4c4ccccc34)c3cccc4c3oc3cc5ccccc5cc34)cc2)cc1. The topological polar surface area (TPSA) is 16.4 Å². The average Bonchev–Trinajstić information content (AvgIpc) is 3.52. The molecule has 2 heteroatoms. The van der Waals surface area contributed by atoms with Gasteiger partial charge in [-0.25, -0.2) is 0 Å². The lowest BCUT2D eigenvalue weighted by Crippen LogP contribution is -2.11. The van der Waals surface area contributed by atoms with Crippen molar-refractivity contribution in [1.82, 2.24) is 0 Å². The maximum atomic E-state index is 6.84. The van der Waals surface area contributed by atoms with Crippen LogP contribution in [-0.2, 0) is 0 Å². The van der Waals surface area contributed by atoms with E-state index in [0.717, 1.165) is 39.0 Å². The molecule has 1 heterocycles. The van der Waals surface area contributed by atoms with Crippen LogP contribution in [0.4, 0.5) is 17.1 Å². The van der Waals surface area contributed by atoms with E-state index in [2.05, 4.69) is 181 Å². The second-order valence-electron chi connectivity index (χ2n) is 12.5. The third-order valence-corrected chi connectivity index (χ3v) is 9.80. The van der Waals surface area contributed by atoms with Gasteiger partial charge in [-0.1, -0.05) is 140 Å². The minimum absolute atomic E-state index is 0.872. The van der Waals surface area contributed by atoms with Gasteiger partial charge in [-0.2, -0.15) is 0 Å². The molecule has 0 saturated heterocycles. The van der Waals surface area contributed by atoms with E-state index in [4.69, 9.17) is 4.42 Å². The summed E-state index contributed by atoms with van der Waals surface area (Å²) in [6, 6.07) is 63.3. The molecule has 0 aliphatic carbocycles. The van der Waals surface area contributed by atoms with Crippen molar-refractivity contribution in [3.8, 4) is 11.1 Å². The summed E-state index contributed by atoms with van der Waals surface area (Å²) in [6.45, 7) is 0. The molecule has 1 aromatic heterocycles. The molecule has 0 atom stereocenters. The molecule has 0 aliphatic rings. The summed E-state index contributed by atoms with van der Waals surface area (Å²) in [6.07, 6.45) is 0. The Labute approximate surface area is 277 Å². The third kappa shape index (κ3) is 4.13. The first-order chi connectivity index (χ1) is 23.8. The molecule has 10 rings (SSSR count). The number of benzene rings is 9. The molecule has 0 bridgehead atoms. The van der Waals surface area contributed by atoms with Crippen LogP contribution in [0.5, 0.6) is 0 Å². The molecule has 48 heavy (non-hydrogen) atoms. The van der Waals surface area contributed by atoms with Crippen LogP contribution in [0, 0.1) is 0 Å². The van der Waals surface area contributed by atoms with Crippen molar-refractivity contribution in [1.29, 1.82) is 0 Å². The van der Waals surface area contributed by atoms with E-state index in [1.165, 1.54) is 54.2 Å². The van der Waals surface area contributed by atoms with Crippen LogP contribution in [0.1, 0.15) is 0 Å². The fraction of sp³-hybridized carbons (Fsp3) is 0. The van der Waals surface area contributed by atoms with Crippen LogP contribution in [-0.4, -0.2) is 0 Å². The highest BCUT2D eigenvalue weighted by Gasteiger charge is 2.22. The smallest absolute Gasteiger partial charge is 0.159 e. The van der Waals surface area contributed by atoms with Crippen LogP contribution in [0.3, 0.4) is 0 Å². The van der Waals surface area contributed by atoms with E-state index in [0.29, 0.717) is 0 Å². The Morgan fingerprint density at radius 2 is 0.958 bits per heavy atom. The number of hydrogen-bond donors (Lipinski definition) is 0. The number of hydrogen-bond acceptors (Lipinski definition) is 2. The van der Waals surface area contributed by atoms with Crippen LogP contribution in [0.25, 0.3) is 76.2 Å². The molecule has 0 aliphatic heterocycles. The predicted molar refractivity (Wildman–Crippen MR) is 204 cm³/mol. The summed E-state index contributed by atoms with van der Waals surface area (Å²) in [7, 11) is 0. The monoisotopic (exact) mass is 611 g/mol.